The zero-order valence-electron chi connectivity index (χ0n) is 16.3. The lowest BCUT2D eigenvalue weighted by atomic mass is 10.4. The van der Waals surface area contributed by atoms with Crippen molar-refractivity contribution in [3.05, 3.63) is 28.5 Å². The predicted octanol–water partition coefficient (Wildman–Crippen LogP) is 2.52. The minimum absolute atomic E-state index is 0.0189. The molecule has 3 rings (SSSR count). The zero-order chi connectivity index (χ0) is 22.6. The first-order valence-electron chi connectivity index (χ1n) is 8.84. The van der Waals surface area contributed by atoms with Crippen LogP contribution in [0.15, 0.2) is 23.2 Å². The smallest absolute Gasteiger partial charge is 0.335 e. The average molecular weight is 490 g/mol. The van der Waals surface area contributed by atoms with Crippen LogP contribution >= 0.6 is 23.2 Å². The van der Waals surface area contributed by atoms with Crippen LogP contribution in [0.1, 0.15) is 19.8 Å². The number of rotatable bonds is 8. The van der Waals surface area contributed by atoms with E-state index in [1.165, 1.54) is 25.3 Å². The van der Waals surface area contributed by atoms with Crippen LogP contribution in [-0.4, -0.2) is 52.7 Å². The summed E-state index contributed by atoms with van der Waals surface area (Å²) in [7, 11) is -3.15. The van der Waals surface area contributed by atoms with Crippen molar-refractivity contribution >= 4 is 50.9 Å². The minimum Gasteiger partial charge on any atom is -0.481 e. The highest BCUT2D eigenvalue weighted by Crippen LogP contribution is 2.23. The van der Waals surface area contributed by atoms with Gasteiger partial charge in [-0.25, -0.2) is 19.5 Å². The van der Waals surface area contributed by atoms with E-state index >= 15 is 0 Å². The molecule has 2 amide bonds. The molecule has 0 saturated heterocycles. The fourth-order valence-corrected chi connectivity index (χ4v) is 4.01. The van der Waals surface area contributed by atoms with E-state index in [-0.39, 0.29) is 33.7 Å². The van der Waals surface area contributed by atoms with E-state index in [2.05, 4.69) is 25.4 Å². The first kappa shape index (κ1) is 22.8. The highest BCUT2D eigenvalue weighted by atomic mass is 35.5. The van der Waals surface area contributed by atoms with Gasteiger partial charge in [0.2, 0.25) is 22.7 Å². The molecule has 0 spiro atoms. The van der Waals surface area contributed by atoms with Crippen LogP contribution in [0.25, 0.3) is 5.65 Å². The molecule has 166 valence electrons. The van der Waals surface area contributed by atoms with E-state index in [1.54, 1.807) is 4.72 Å². The molecule has 0 saturated carbocycles. The Labute approximate surface area is 186 Å². The Morgan fingerprint density at radius 2 is 1.97 bits per heavy atom. The third-order valence-corrected chi connectivity index (χ3v) is 5.61. The number of anilines is 1. The molecule has 0 bridgehead atoms. The van der Waals surface area contributed by atoms with E-state index in [1.807, 2.05) is 6.92 Å². The number of nitrogens with zero attached hydrogens (tertiary/aromatic N) is 5. The van der Waals surface area contributed by atoms with Gasteiger partial charge >= 0.3 is 6.03 Å². The number of methoxy groups -OCH3 is 1. The van der Waals surface area contributed by atoms with E-state index in [0.717, 1.165) is 17.4 Å². The van der Waals surface area contributed by atoms with Crippen LogP contribution in [-0.2, 0) is 10.0 Å². The first-order valence-corrected chi connectivity index (χ1v) is 11.1. The molecule has 15 heteroatoms. The molecule has 0 unspecified atom stereocenters. The number of unbranched alkanes of at least 4 members (excludes halogenated alkanes) is 1. The number of hydrogen-bond donors (Lipinski definition) is 2. The number of nitrogens with one attached hydrogen (secondary N) is 2. The Bertz CT molecular complexity index is 1220. The highest BCUT2D eigenvalue weighted by molar-refractivity contribution is 7.90. The zero-order valence-corrected chi connectivity index (χ0v) is 18.6. The monoisotopic (exact) mass is 489 g/mol. The number of fused-ring (bicyclic) bond motifs is 1. The molecule has 3 aromatic rings. The van der Waals surface area contributed by atoms with Crippen LogP contribution in [0.3, 0.4) is 0 Å². The van der Waals surface area contributed by atoms with Gasteiger partial charge in [-0.15, -0.1) is 5.10 Å². The maximum absolute atomic E-state index is 12.8. The lowest BCUT2D eigenvalue weighted by Gasteiger charge is -2.09. The lowest BCUT2D eigenvalue weighted by molar-refractivity contribution is 0.256. The molecule has 3 aromatic heterocycles. The van der Waals surface area contributed by atoms with Gasteiger partial charge in [-0.3, -0.25) is 5.32 Å². The van der Waals surface area contributed by atoms with Gasteiger partial charge in [-0.1, -0.05) is 36.5 Å². The summed E-state index contributed by atoms with van der Waals surface area (Å²) in [6, 6.07) is 3.18. The Morgan fingerprint density at radius 3 is 2.68 bits per heavy atom. The number of halogens is 2. The summed E-state index contributed by atoms with van der Waals surface area (Å²) < 4.78 is 38.8. The van der Waals surface area contributed by atoms with Gasteiger partial charge in [0.1, 0.15) is 5.15 Å². The van der Waals surface area contributed by atoms with Crippen LogP contribution < -0.4 is 19.5 Å². The largest absolute Gasteiger partial charge is 0.481 e. The second-order valence-electron chi connectivity index (χ2n) is 5.97. The Morgan fingerprint density at radius 1 is 1.19 bits per heavy atom. The number of amides is 2. The molecular weight excluding hydrogens is 473 g/mol. The minimum atomic E-state index is -4.49. The third kappa shape index (κ3) is 5.42. The number of hydrogen-bond acceptors (Lipinski definition) is 9. The van der Waals surface area contributed by atoms with Crippen LogP contribution in [0, 0.1) is 0 Å². The maximum atomic E-state index is 12.8. The van der Waals surface area contributed by atoms with Gasteiger partial charge < -0.3 is 9.47 Å². The summed E-state index contributed by atoms with van der Waals surface area (Å²) in [5.41, 5.74) is 0.150. The van der Waals surface area contributed by atoms with E-state index in [0.29, 0.717) is 6.61 Å². The molecular formula is C16H17Cl2N7O5S. The van der Waals surface area contributed by atoms with Crippen molar-refractivity contribution in [1.29, 1.82) is 0 Å². The topological polar surface area (TPSA) is 150 Å². The van der Waals surface area contributed by atoms with E-state index in [4.69, 9.17) is 32.7 Å². The van der Waals surface area contributed by atoms with Crippen LogP contribution in [0.2, 0.25) is 10.3 Å². The Kier molecular flexibility index (Phi) is 6.97. The molecule has 0 aliphatic heterocycles. The number of ether oxygens (including phenoxy) is 2. The molecule has 0 aliphatic carbocycles. The normalized spacial score (nSPS) is 11.4. The molecule has 31 heavy (non-hydrogen) atoms. The number of sulfonamides is 1. The quantitative estimate of drug-likeness (QED) is 0.359. The van der Waals surface area contributed by atoms with E-state index < -0.39 is 21.1 Å². The van der Waals surface area contributed by atoms with Gasteiger partial charge in [0.15, 0.2) is 10.8 Å². The van der Waals surface area contributed by atoms with Gasteiger partial charge in [0, 0.05) is 12.1 Å². The SMILES string of the molecule is CCCCOc1ccc2nc(Cl)c(S(=O)(=O)NC(=O)Nc3nc(Cl)cc(OC)n3)n2n1. The number of urea groups is 1. The summed E-state index contributed by atoms with van der Waals surface area (Å²) >= 11 is 11.8. The molecule has 0 aromatic carbocycles. The molecule has 0 aliphatic rings. The first-order chi connectivity index (χ1) is 14.7. The fraction of sp³-hybridized carbons (Fsp3) is 0.312. The number of aromatic nitrogens is 5. The van der Waals surface area contributed by atoms with Crippen molar-refractivity contribution < 1.29 is 22.7 Å². The van der Waals surface area contributed by atoms with Crippen LogP contribution in [0.5, 0.6) is 11.8 Å². The number of carbonyl (C=O) groups excluding carboxylic acids is 1. The average Bonchev–Trinajstić information content (AvgIpc) is 3.03. The van der Waals surface area contributed by atoms with E-state index in [9.17, 15) is 13.2 Å². The second kappa shape index (κ2) is 9.49. The summed E-state index contributed by atoms with van der Waals surface area (Å²) in [5, 5.41) is 5.32. The molecule has 0 atom stereocenters. The lowest BCUT2D eigenvalue weighted by Crippen LogP contribution is -2.35. The van der Waals surface area contributed by atoms with Crippen molar-refractivity contribution in [2.75, 3.05) is 19.0 Å². The summed E-state index contributed by atoms with van der Waals surface area (Å²) in [4.78, 5) is 23.8. The molecule has 2 N–H and O–H groups in total. The van der Waals surface area contributed by atoms with Gasteiger partial charge in [0.05, 0.1) is 13.7 Å². The highest BCUT2D eigenvalue weighted by Gasteiger charge is 2.28. The van der Waals surface area contributed by atoms with Gasteiger partial charge in [-0.2, -0.15) is 17.9 Å². The summed E-state index contributed by atoms with van der Waals surface area (Å²) in [6.45, 7) is 2.41. The molecule has 3 heterocycles. The summed E-state index contributed by atoms with van der Waals surface area (Å²) in [5.74, 6) is -0.0239. The fourth-order valence-electron chi connectivity index (χ4n) is 2.35. The van der Waals surface area contributed by atoms with Gasteiger partial charge in [0.25, 0.3) is 10.0 Å². The molecule has 0 radical (unpaired) electrons. The third-order valence-electron chi connectivity index (χ3n) is 3.71. The van der Waals surface area contributed by atoms with Crippen LogP contribution in [0.4, 0.5) is 10.7 Å². The van der Waals surface area contributed by atoms with Crippen molar-refractivity contribution in [2.45, 2.75) is 24.8 Å². The van der Waals surface area contributed by atoms with Gasteiger partial charge in [-0.05, 0) is 12.5 Å². The molecule has 0 fully saturated rings. The Hall–Kier alpha value is -2.90. The maximum Gasteiger partial charge on any atom is 0.335 e. The standard InChI is InChI=1S/C16H17Cl2N7O5S/c1-3-4-7-30-11-6-5-10-20-13(18)14(25(10)23-11)31(27,28)24-16(26)22-15-19-9(17)8-12(21-15)29-2/h5-6,8H,3-4,7H2,1-2H3,(H2,19,21,22,24,26). The molecule has 12 nitrogen and oxygen atoms in total. The second-order valence-corrected chi connectivity index (χ2v) is 8.31. The van der Waals surface area contributed by atoms with Crippen molar-refractivity contribution in [2.24, 2.45) is 0 Å². The van der Waals surface area contributed by atoms with Crippen molar-refractivity contribution in [1.82, 2.24) is 29.3 Å². The van der Waals surface area contributed by atoms with Crippen molar-refractivity contribution in [3.63, 3.8) is 0 Å². The number of carbonyl (C=O) groups is 1. The predicted molar refractivity (Wildman–Crippen MR) is 111 cm³/mol. The summed E-state index contributed by atoms with van der Waals surface area (Å²) in [6.07, 6.45) is 1.72. The number of imidazole rings is 1. The Balaban J connectivity index is 1.85. The van der Waals surface area contributed by atoms with Crippen molar-refractivity contribution in [3.8, 4) is 11.8 Å².